The lowest BCUT2D eigenvalue weighted by molar-refractivity contribution is 0.0699. The zero-order chi connectivity index (χ0) is 14.0. The predicted octanol–water partition coefficient (Wildman–Crippen LogP) is 1.97. The van der Waals surface area contributed by atoms with Gasteiger partial charge in [-0.25, -0.2) is 9.78 Å². The van der Waals surface area contributed by atoms with Crippen molar-refractivity contribution in [1.29, 1.82) is 0 Å². The summed E-state index contributed by atoms with van der Waals surface area (Å²) in [5, 5.41) is 12.9. The molecule has 0 aliphatic carbocycles. The second-order valence-electron chi connectivity index (χ2n) is 4.36. The SMILES string of the molecule is CNCc1cc(C(=O)O)c2cc(C)cc(OC)c2n1. The molecular weight excluding hydrogens is 244 g/mol. The third kappa shape index (κ3) is 2.51. The Kier molecular flexibility index (Phi) is 3.66. The summed E-state index contributed by atoms with van der Waals surface area (Å²) in [7, 11) is 3.35. The molecular formula is C14H16N2O3. The van der Waals surface area contributed by atoms with Crippen molar-refractivity contribution in [3.63, 3.8) is 0 Å². The van der Waals surface area contributed by atoms with Gasteiger partial charge in [0.15, 0.2) is 0 Å². The van der Waals surface area contributed by atoms with Crippen LogP contribution in [0.25, 0.3) is 10.9 Å². The standard InChI is InChI=1S/C14H16N2O3/c1-8-4-10-11(14(17)18)6-9(7-15-2)16-13(10)12(5-8)19-3/h4-6,15H,7H2,1-3H3,(H,17,18). The summed E-state index contributed by atoms with van der Waals surface area (Å²) in [5.41, 5.74) is 2.44. The van der Waals surface area contributed by atoms with Crippen molar-refractivity contribution < 1.29 is 14.6 Å². The van der Waals surface area contributed by atoms with Crippen LogP contribution in [-0.4, -0.2) is 30.2 Å². The minimum Gasteiger partial charge on any atom is -0.494 e. The van der Waals surface area contributed by atoms with Crippen molar-refractivity contribution in [2.45, 2.75) is 13.5 Å². The highest BCUT2D eigenvalue weighted by Crippen LogP contribution is 2.29. The van der Waals surface area contributed by atoms with Gasteiger partial charge < -0.3 is 15.2 Å². The minimum atomic E-state index is -0.961. The summed E-state index contributed by atoms with van der Waals surface area (Å²) in [6.07, 6.45) is 0. The molecule has 2 rings (SSSR count). The Labute approximate surface area is 111 Å². The fourth-order valence-electron chi connectivity index (χ4n) is 2.09. The number of methoxy groups -OCH3 is 1. The smallest absolute Gasteiger partial charge is 0.336 e. The number of rotatable bonds is 4. The van der Waals surface area contributed by atoms with E-state index < -0.39 is 5.97 Å². The fourth-order valence-corrected chi connectivity index (χ4v) is 2.09. The Morgan fingerprint density at radius 3 is 2.74 bits per heavy atom. The molecule has 0 saturated carbocycles. The summed E-state index contributed by atoms with van der Waals surface area (Å²) in [6.45, 7) is 2.41. The molecule has 0 fully saturated rings. The minimum absolute atomic E-state index is 0.247. The molecule has 0 aliphatic rings. The van der Waals surface area contributed by atoms with E-state index in [1.54, 1.807) is 20.2 Å². The number of nitrogens with one attached hydrogen (secondary N) is 1. The van der Waals surface area contributed by atoms with Crippen molar-refractivity contribution in [3.8, 4) is 5.75 Å². The molecule has 0 saturated heterocycles. The number of pyridine rings is 1. The molecule has 0 unspecified atom stereocenters. The van der Waals surface area contributed by atoms with Crippen molar-refractivity contribution in [2.24, 2.45) is 0 Å². The van der Waals surface area contributed by atoms with E-state index in [9.17, 15) is 9.90 Å². The van der Waals surface area contributed by atoms with Gasteiger partial charge in [0.1, 0.15) is 11.3 Å². The number of benzene rings is 1. The second-order valence-corrected chi connectivity index (χ2v) is 4.36. The molecule has 2 aromatic rings. The lowest BCUT2D eigenvalue weighted by Gasteiger charge is -2.11. The van der Waals surface area contributed by atoms with Crippen LogP contribution in [0, 0.1) is 6.92 Å². The van der Waals surface area contributed by atoms with E-state index in [4.69, 9.17) is 4.74 Å². The van der Waals surface area contributed by atoms with E-state index in [1.807, 2.05) is 19.1 Å². The maximum absolute atomic E-state index is 11.4. The van der Waals surface area contributed by atoms with Crippen LogP contribution in [0.4, 0.5) is 0 Å². The normalized spacial score (nSPS) is 10.7. The highest BCUT2D eigenvalue weighted by atomic mass is 16.5. The van der Waals surface area contributed by atoms with Gasteiger partial charge in [0.2, 0.25) is 0 Å². The molecule has 5 nitrogen and oxygen atoms in total. The van der Waals surface area contributed by atoms with Gasteiger partial charge in [-0.2, -0.15) is 0 Å². The van der Waals surface area contributed by atoms with Gasteiger partial charge in [0, 0.05) is 11.9 Å². The Bertz CT molecular complexity index is 638. The van der Waals surface area contributed by atoms with E-state index in [0.717, 1.165) is 5.56 Å². The van der Waals surface area contributed by atoms with E-state index in [2.05, 4.69) is 10.3 Å². The zero-order valence-corrected chi connectivity index (χ0v) is 11.2. The van der Waals surface area contributed by atoms with Crippen molar-refractivity contribution in [1.82, 2.24) is 10.3 Å². The summed E-state index contributed by atoms with van der Waals surface area (Å²) in [5.74, 6) is -0.368. The number of aromatic carboxylic acids is 1. The van der Waals surface area contributed by atoms with Gasteiger partial charge in [-0.3, -0.25) is 0 Å². The summed E-state index contributed by atoms with van der Waals surface area (Å²) in [6, 6.07) is 5.27. The van der Waals surface area contributed by atoms with E-state index in [1.165, 1.54) is 0 Å². The molecule has 0 atom stereocenters. The van der Waals surface area contributed by atoms with Crippen LogP contribution < -0.4 is 10.1 Å². The van der Waals surface area contributed by atoms with Crippen molar-refractivity contribution in [2.75, 3.05) is 14.2 Å². The molecule has 2 N–H and O–H groups in total. The van der Waals surface area contributed by atoms with Gasteiger partial charge in [-0.05, 0) is 37.7 Å². The quantitative estimate of drug-likeness (QED) is 0.879. The lowest BCUT2D eigenvalue weighted by Crippen LogP contribution is -2.10. The average Bonchev–Trinajstić information content (AvgIpc) is 2.37. The maximum Gasteiger partial charge on any atom is 0.336 e. The molecule has 0 radical (unpaired) electrons. The van der Waals surface area contributed by atoms with Crippen LogP contribution in [0.3, 0.4) is 0 Å². The highest BCUT2D eigenvalue weighted by Gasteiger charge is 2.15. The first-order valence-corrected chi connectivity index (χ1v) is 5.93. The number of carboxylic acid groups (broad SMARTS) is 1. The molecule has 0 aliphatic heterocycles. The van der Waals surface area contributed by atoms with Crippen LogP contribution >= 0.6 is 0 Å². The number of nitrogens with zero attached hydrogens (tertiary/aromatic N) is 1. The van der Waals surface area contributed by atoms with Crippen LogP contribution in [0.15, 0.2) is 18.2 Å². The van der Waals surface area contributed by atoms with Crippen LogP contribution in [0.2, 0.25) is 0 Å². The molecule has 100 valence electrons. The molecule has 0 bridgehead atoms. The first-order valence-electron chi connectivity index (χ1n) is 5.93. The number of ether oxygens (including phenoxy) is 1. The maximum atomic E-state index is 11.4. The first kappa shape index (κ1) is 13.3. The molecule has 5 heteroatoms. The third-order valence-electron chi connectivity index (χ3n) is 2.88. The Morgan fingerprint density at radius 1 is 1.42 bits per heavy atom. The molecule has 0 spiro atoms. The number of aromatic nitrogens is 1. The molecule has 19 heavy (non-hydrogen) atoms. The number of carboxylic acids is 1. The molecule has 1 heterocycles. The van der Waals surface area contributed by atoms with Crippen LogP contribution in [-0.2, 0) is 6.54 Å². The number of hydrogen-bond acceptors (Lipinski definition) is 4. The predicted molar refractivity (Wildman–Crippen MR) is 72.8 cm³/mol. The van der Waals surface area contributed by atoms with Gasteiger partial charge >= 0.3 is 5.97 Å². The average molecular weight is 260 g/mol. The number of carbonyl (C=O) groups is 1. The second kappa shape index (κ2) is 5.24. The van der Waals surface area contributed by atoms with Crippen LogP contribution in [0.5, 0.6) is 5.75 Å². The van der Waals surface area contributed by atoms with Gasteiger partial charge in [-0.1, -0.05) is 0 Å². The molecule has 0 amide bonds. The van der Waals surface area contributed by atoms with E-state index in [-0.39, 0.29) is 5.56 Å². The molecule has 1 aromatic carbocycles. The Morgan fingerprint density at radius 2 is 2.16 bits per heavy atom. The Balaban J connectivity index is 2.82. The molecule has 1 aromatic heterocycles. The van der Waals surface area contributed by atoms with Crippen molar-refractivity contribution in [3.05, 3.63) is 35.0 Å². The number of aryl methyl sites for hydroxylation is 1. The number of fused-ring (bicyclic) bond motifs is 1. The van der Waals surface area contributed by atoms with Gasteiger partial charge in [0.25, 0.3) is 0 Å². The lowest BCUT2D eigenvalue weighted by atomic mass is 10.0. The van der Waals surface area contributed by atoms with Crippen LogP contribution in [0.1, 0.15) is 21.6 Å². The highest BCUT2D eigenvalue weighted by molar-refractivity contribution is 6.04. The van der Waals surface area contributed by atoms with E-state index >= 15 is 0 Å². The monoisotopic (exact) mass is 260 g/mol. The van der Waals surface area contributed by atoms with Gasteiger partial charge in [0.05, 0.1) is 18.4 Å². The fraction of sp³-hybridized carbons (Fsp3) is 0.286. The third-order valence-corrected chi connectivity index (χ3v) is 2.88. The largest absolute Gasteiger partial charge is 0.494 e. The van der Waals surface area contributed by atoms with Crippen molar-refractivity contribution >= 4 is 16.9 Å². The summed E-state index contributed by atoms with van der Waals surface area (Å²) in [4.78, 5) is 15.9. The first-order chi connectivity index (χ1) is 9.06. The summed E-state index contributed by atoms with van der Waals surface area (Å²) >= 11 is 0. The topological polar surface area (TPSA) is 71.5 Å². The zero-order valence-electron chi connectivity index (χ0n) is 11.2. The Hall–Kier alpha value is -2.14. The summed E-state index contributed by atoms with van der Waals surface area (Å²) < 4.78 is 5.30. The van der Waals surface area contributed by atoms with Gasteiger partial charge in [-0.15, -0.1) is 0 Å². The number of hydrogen-bond donors (Lipinski definition) is 2. The van der Waals surface area contributed by atoms with E-state index in [0.29, 0.717) is 28.9 Å².